The number of hydrogen-bond acceptors (Lipinski definition) is 5. The van der Waals surface area contributed by atoms with Crippen molar-refractivity contribution < 1.29 is 19.0 Å². The molecule has 0 unspecified atom stereocenters. The Morgan fingerprint density at radius 2 is 1.86 bits per heavy atom. The van der Waals surface area contributed by atoms with E-state index >= 15 is 0 Å². The van der Waals surface area contributed by atoms with Crippen LogP contribution in [-0.2, 0) is 9.53 Å². The lowest BCUT2D eigenvalue weighted by atomic mass is 10.2. The van der Waals surface area contributed by atoms with Gasteiger partial charge in [-0.1, -0.05) is 0 Å². The highest BCUT2D eigenvalue weighted by Crippen LogP contribution is 2.32. The van der Waals surface area contributed by atoms with E-state index < -0.39 is 0 Å². The molecule has 1 fully saturated rings. The third kappa shape index (κ3) is 3.69. The lowest BCUT2D eigenvalue weighted by Gasteiger charge is -2.34. The fraction of sp³-hybridized carbons (Fsp3) is 0.562. The van der Waals surface area contributed by atoms with Crippen molar-refractivity contribution >= 4 is 11.6 Å². The second-order valence-corrected chi connectivity index (χ2v) is 5.86. The monoisotopic (exact) mass is 306 g/mol. The van der Waals surface area contributed by atoms with Crippen molar-refractivity contribution in [3.63, 3.8) is 0 Å². The van der Waals surface area contributed by atoms with Crippen molar-refractivity contribution in [3.8, 4) is 11.5 Å². The van der Waals surface area contributed by atoms with Gasteiger partial charge in [0.25, 0.3) is 0 Å². The summed E-state index contributed by atoms with van der Waals surface area (Å²) in [5.41, 5.74) is 0.726. The first-order chi connectivity index (χ1) is 10.6. The number of hydrogen-bond donors (Lipinski definition) is 1. The highest BCUT2D eigenvalue weighted by molar-refractivity contribution is 5.92. The van der Waals surface area contributed by atoms with E-state index in [1.54, 1.807) is 6.07 Å². The van der Waals surface area contributed by atoms with E-state index in [9.17, 15) is 4.79 Å². The molecule has 0 aromatic heterocycles. The van der Waals surface area contributed by atoms with Crippen LogP contribution in [0.25, 0.3) is 0 Å². The molecule has 1 N–H and O–H groups in total. The molecule has 6 heteroatoms. The Morgan fingerprint density at radius 1 is 1.18 bits per heavy atom. The minimum Gasteiger partial charge on any atom is -0.486 e. The number of amides is 1. The molecule has 2 heterocycles. The van der Waals surface area contributed by atoms with Gasteiger partial charge in [0, 0.05) is 24.8 Å². The van der Waals surface area contributed by atoms with Gasteiger partial charge in [0.2, 0.25) is 5.91 Å². The topological polar surface area (TPSA) is 60.0 Å². The Balaban J connectivity index is 1.57. The van der Waals surface area contributed by atoms with E-state index in [1.165, 1.54) is 0 Å². The number of rotatable bonds is 3. The van der Waals surface area contributed by atoms with E-state index in [1.807, 2.05) is 26.0 Å². The predicted octanol–water partition coefficient (Wildman–Crippen LogP) is 1.51. The molecule has 0 bridgehead atoms. The molecule has 1 aromatic carbocycles. The summed E-state index contributed by atoms with van der Waals surface area (Å²) in [7, 11) is 0. The number of anilines is 1. The van der Waals surface area contributed by atoms with Crippen LogP contribution in [0.4, 0.5) is 5.69 Å². The highest BCUT2D eigenvalue weighted by Gasteiger charge is 2.23. The van der Waals surface area contributed by atoms with Crippen LogP contribution in [0.2, 0.25) is 0 Å². The van der Waals surface area contributed by atoms with Crippen molar-refractivity contribution in [2.24, 2.45) is 0 Å². The lowest BCUT2D eigenvalue weighted by Crippen LogP contribution is -2.48. The number of carbonyl (C=O) groups excluding carboxylic acids is 1. The summed E-state index contributed by atoms with van der Waals surface area (Å²) < 4.78 is 16.7. The van der Waals surface area contributed by atoms with Gasteiger partial charge in [-0.05, 0) is 26.0 Å². The Bertz CT molecular complexity index is 539. The number of nitrogens with zero attached hydrogens (tertiary/aromatic N) is 1. The molecule has 120 valence electrons. The second-order valence-electron chi connectivity index (χ2n) is 5.86. The summed E-state index contributed by atoms with van der Waals surface area (Å²) in [5, 5.41) is 2.91. The number of ether oxygens (including phenoxy) is 3. The molecule has 1 saturated heterocycles. The van der Waals surface area contributed by atoms with Gasteiger partial charge in [0.05, 0.1) is 18.8 Å². The summed E-state index contributed by atoms with van der Waals surface area (Å²) in [5.74, 6) is 1.37. The van der Waals surface area contributed by atoms with E-state index in [-0.39, 0.29) is 18.1 Å². The van der Waals surface area contributed by atoms with Crippen molar-refractivity contribution in [1.29, 1.82) is 0 Å². The van der Waals surface area contributed by atoms with E-state index in [0.717, 1.165) is 24.5 Å². The van der Waals surface area contributed by atoms with Crippen LogP contribution < -0.4 is 14.8 Å². The van der Waals surface area contributed by atoms with E-state index in [0.29, 0.717) is 25.5 Å². The van der Waals surface area contributed by atoms with Crippen LogP contribution in [0.1, 0.15) is 13.8 Å². The molecule has 6 nitrogen and oxygen atoms in total. The highest BCUT2D eigenvalue weighted by atomic mass is 16.6. The molecule has 3 rings (SSSR count). The fourth-order valence-electron chi connectivity index (χ4n) is 2.94. The van der Waals surface area contributed by atoms with Crippen molar-refractivity contribution in [2.75, 3.05) is 38.2 Å². The Hall–Kier alpha value is -1.79. The first-order valence-electron chi connectivity index (χ1n) is 7.67. The zero-order chi connectivity index (χ0) is 15.5. The first-order valence-corrected chi connectivity index (χ1v) is 7.67. The van der Waals surface area contributed by atoms with Crippen LogP contribution in [0, 0.1) is 0 Å². The van der Waals surface area contributed by atoms with Crippen LogP contribution in [0.5, 0.6) is 11.5 Å². The molecule has 0 saturated carbocycles. The van der Waals surface area contributed by atoms with Gasteiger partial charge in [-0.15, -0.1) is 0 Å². The molecule has 2 aliphatic heterocycles. The molecule has 22 heavy (non-hydrogen) atoms. The van der Waals surface area contributed by atoms with Gasteiger partial charge in [0.1, 0.15) is 13.2 Å². The molecule has 1 amide bonds. The second kappa shape index (κ2) is 6.54. The summed E-state index contributed by atoms with van der Waals surface area (Å²) >= 11 is 0. The third-order valence-corrected chi connectivity index (χ3v) is 3.69. The largest absolute Gasteiger partial charge is 0.486 e. The molecule has 2 aliphatic rings. The third-order valence-electron chi connectivity index (χ3n) is 3.69. The van der Waals surface area contributed by atoms with Crippen LogP contribution in [0.15, 0.2) is 18.2 Å². The number of carbonyl (C=O) groups is 1. The Labute approximate surface area is 130 Å². The molecule has 2 atom stereocenters. The zero-order valence-electron chi connectivity index (χ0n) is 13.0. The van der Waals surface area contributed by atoms with Gasteiger partial charge >= 0.3 is 0 Å². The number of morpholine rings is 1. The number of nitrogens with one attached hydrogen (secondary N) is 1. The molecule has 0 radical (unpaired) electrons. The SMILES string of the molecule is C[C@@H]1CN(CC(=O)Nc2ccc3c(c2)OCCO3)C[C@@H](C)O1. The number of benzene rings is 1. The van der Waals surface area contributed by atoms with E-state index in [4.69, 9.17) is 14.2 Å². The quantitative estimate of drug-likeness (QED) is 0.917. The molecule has 1 aromatic rings. The van der Waals surface area contributed by atoms with Gasteiger partial charge in [-0.3, -0.25) is 9.69 Å². The minimum absolute atomic E-state index is 0.0297. The standard InChI is InChI=1S/C16H22N2O4/c1-11-8-18(9-12(2)22-11)10-16(19)17-13-3-4-14-15(7-13)21-6-5-20-14/h3-4,7,11-12H,5-6,8-10H2,1-2H3,(H,17,19)/t11-,12-/m1/s1. The van der Waals surface area contributed by atoms with Gasteiger partial charge in [0.15, 0.2) is 11.5 Å². The summed E-state index contributed by atoms with van der Waals surface area (Å²) in [6, 6.07) is 5.45. The minimum atomic E-state index is -0.0297. The van der Waals surface area contributed by atoms with Crippen LogP contribution in [0.3, 0.4) is 0 Å². The summed E-state index contributed by atoms with van der Waals surface area (Å²) in [6.07, 6.45) is 0.316. The average Bonchev–Trinajstić information content (AvgIpc) is 2.45. The average molecular weight is 306 g/mol. The maximum absolute atomic E-state index is 12.2. The smallest absolute Gasteiger partial charge is 0.238 e. The first kappa shape index (κ1) is 15.1. The van der Waals surface area contributed by atoms with Gasteiger partial charge in [-0.25, -0.2) is 0 Å². The van der Waals surface area contributed by atoms with Crippen molar-refractivity contribution in [3.05, 3.63) is 18.2 Å². The normalized spacial score (nSPS) is 24.8. The predicted molar refractivity (Wildman–Crippen MR) is 82.5 cm³/mol. The van der Waals surface area contributed by atoms with Crippen molar-refractivity contribution in [1.82, 2.24) is 4.90 Å². The molecule has 0 aliphatic carbocycles. The van der Waals surface area contributed by atoms with Gasteiger partial charge < -0.3 is 19.5 Å². The number of fused-ring (bicyclic) bond motifs is 1. The van der Waals surface area contributed by atoms with Crippen LogP contribution in [-0.4, -0.2) is 55.9 Å². The van der Waals surface area contributed by atoms with Crippen LogP contribution >= 0.6 is 0 Å². The zero-order valence-corrected chi connectivity index (χ0v) is 13.0. The lowest BCUT2D eigenvalue weighted by molar-refractivity contribution is -0.121. The maximum atomic E-state index is 12.2. The summed E-state index contributed by atoms with van der Waals surface area (Å²) in [6.45, 7) is 7.08. The molecular weight excluding hydrogens is 284 g/mol. The van der Waals surface area contributed by atoms with Gasteiger partial charge in [-0.2, -0.15) is 0 Å². The molecule has 0 spiro atoms. The van der Waals surface area contributed by atoms with Crippen molar-refractivity contribution in [2.45, 2.75) is 26.1 Å². The van der Waals surface area contributed by atoms with E-state index in [2.05, 4.69) is 10.2 Å². The Kier molecular flexibility index (Phi) is 4.49. The maximum Gasteiger partial charge on any atom is 0.238 e. The summed E-state index contributed by atoms with van der Waals surface area (Å²) in [4.78, 5) is 14.3. The fourth-order valence-corrected chi connectivity index (χ4v) is 2.94. The Morgan fingerprint density at radius 3 is 2.59 bits per heavy atom. The molecular formula is C16H22N2O4.